The number of carbonyl (C=O) groups is 2. The highest BCUT2D eigenvalue weighted by molar-refractivity contribution is 7.13. The van der Waals surface area contributed by atoms with Gasteiger partial charge in [0.1, 0.15) is 35.9 Å². The van der Waals surface area contributed by atoms with Gasteiger partial charge in [-0.3, -0.25) is 19.4 Å². The number of nitrogen functional groups attached to an aromatic ring is 1. The van der Waals surface area contributed by atoms with Gasteiger partial charge in [-0.05, 0) is 73.2 Å². The summed E-state index contributed by atoms with van der Waals surface area (Å²) in [5.41, 5.74) is 14.3. The third-order valence-corrected chi connectivity index (χ3v) is 16.4. The molecule has 2 amide bonds. The molecule has 6 atom stereocenters. The van der Waals surface area contributed by atoms with Crippen molar-refractivity contribution >= 4 is 51.9 Å². The number of aliphatic hydroxyl groups excluding tert-OH is 1. The molecule has 6 aromatic rings. The summed E-state index contributed by atoms with van der Waals surface area (Å²) >= 11 is 8.43. The summed E-state index contributed by atoms with van der Waals surface area (Å²) in [6.07, 6.45) is 3.19. The number of aromatic nitrogens is 5. The number of aliphatic hydroxyl groups is 1. The van der Waals surface area contributed by atoms with Crippen molar-refractivity contribution in [3.8, 4) is 39.2 Å². The van der Waals surface area contributed by atoms with Crippen LogP contribution in [0.5, 0.6) is 17.5 Å². The van der Waals surface area contributed by atoms with Crippen molar-refractivity contribution in [2.24, 2.45) is 5.92 Å². The van der Waals surface area contributed by atoms with Crippen LogP contribution in [0.2, 0.25) is 5.02 Å². The zero-order valence-corrected chi connectivity index (χ0v) is 44.3. The number of phenols is 1. The molecule has 10 rings (SSSR count). The first-order valence-corrected chi connectivity index (χ1v) is 27.1. The molecule has 75 heavy (non-hydrogen) atoms. The maximum absolute atomic E-state index is 14.3. The third kappa shape index (κ3) is 11.4. The quantitative estimate of drug-likeness (QED) is 0.0730. The molecule has 19 nitrogen and oxygen atoms in total. The Kier molecular flexibility index (Phi) is 15.7. The highest BCUT2D eigenvalue weighted by Crippen LogP contribution is 2.41. The van der Waals surface area contributed by atoms with E-state index in [1.54, 1.807) is 23.5 Å². The van der Waals surface area contributed by atoms with Crippen LogP contribution < -0.4 is 30.3 Å². The van der Waals surface area contributed by atoms with Gasteiger partial charge in [0.15, 0.2) is 11.6 Å². The fourth-order valence-electron chi connectivity index (χ4n) is 11.1. The standard InChI is InChI=1S/C54H65ClN12O7S/c1-32(2)47(54(71)66-30-40(68)26-44(66)52(70)59-33(3)35-9-11-36(12-10-35)50-34(4)58-31-75-50)49-48(55)53(62-74-49)73-24-22-64-19-17-63(18-20-64)21-23-72-46-25-37(15-16-57-46)67-38-13-14-39(67)29-65(28-38)43-27-42(60-61-51(43)56)41-7-5-6-8-45(41)69/h5-12,15-16,25,27,31-33,38-40,44,47,68-69H,13-14,17-24,26,28-30H2,1-4H3,(H2,56,61)(H,59,70)/t33-,38?,39?,40+,44-,47?/m0/s1. The van der Waals surface area contributed by atoms with E-state index in [0.29, 0.717) is 42.7 Å². The molecule has 21 heteroatoms. The maximum Gasteiger partial charge on any atom is 0.273 e. The molecule has 4 aliphatic rings. The largest absolute Gasteiger partial charge is 0.507 e. The number of nitrogens with one attached hydrogen (secondary N) is 1. The minimum atomic E-state index is -0.878. The van der Waals surface area contributed by atoms with Crippen molar-refractivity contribution in [1.29, 1.82) is 0 Å². The van der Waals surface area contributed by atoms with Crippen LogP contribution in [-0.2, 0) is 9.59 Å². The number of piperazine rings is 2. The van der Waals surface area contributed by atoms with Crippen molar-refractivity contribution in [2.75, 3.05) is 87.7 Å². The minimum Gasteiger partial charge on any atom is -0.507 e. The Hall–Kier alpha value is -6.58. The van der Waals surface area contributed by atoms with Gasteiger partial charge in [0.05, 0.1) is 39.6 Å². The third-order valence-electron chi connectivity index (χ3n) is 15.1. The second-order valence-corrected chi connectivity index (χ2v) is 21.6. The summed E-state index contributed by atoms with van der Waals surface area (Å²) in [7, 11) is 0. The summed E-state index contributed by atoms with van der Waals surface area (Å²) in [5, 5.41) is 37.1. The Morgan fingerprint density at radius 2 is 1.63 bits per heavy atom. The molecule has 3 unspecified atom stereocenters. The minimum absolute atomic E-state index is 0.00786. The number of pyridine rings is 1. The van der Waals surface area contributed by atoms with E-state index in [-0.39, 0.29) is 71.2 Å². The molecule has 4 saturated heterocycles. The van der Waals surface area contributed by atoms with Gasteiger partial charge in [-0.1, -0.05) is 61.8 Å². The molecule has 4 aliphatic heterocycles. The number of carbonyl (C=O) groups excluding carboxylic acids is 2. The fourth-order valence-corrected chi connectivity index (χ4v) is 12.1. The second-order valence-electron chi connectivity index (χ2n) is 20.3. The number of rotatable bonds is 18. The van der Waals surface area contributed by atoms with Crippen LogP contribution in [0.25, 0.3) is 21.7 Å². The summed E-state index contributed by atoms with van der Waals surface area (Å²) in [5.74, 6) is -0.430. The van der Waals surface area contributed by atoms with Gasteiger partial charge in [-0.25, -0.2) is 9.97 Å². The number of para-hydroxylation sites is 1. The summed E-state index contributed by atoms with van der Waals surface area (Å²) < 4.78 is 18.0. The van der Waals surface area contributed by atoms with E-state index >= 15 is 0 Å². The van der Waals surface area contributed by atoms with Crippen LogP contribution in [0.15, 0.2) is 83.0 Å². The Balaban J connectivity index is 0.666. The monoisotopic (exact) mass is 1060 g/mol. The zero-order valence-electron chi connectivity index (χ0n) is 42.7. The number of fused-ring (bicyclic) bond motifs is 2. The fraction of sp³-hybridized carbons (Fsp3) is 0.463. The van der Waals surface area contributed by atoms with Gasteiger partial charge in [-0.15, -0.1) is 21.5 Å². The van der Waals surface area contributed by atoms with E-state index in [9.17, 15) is 19.8 Å². The van der Waals surface area contributed by atoms with E-state index in [1.165, 1.54) is 4.90 Å². The van der Waals surface area contributed by atoms with Gasteiger partial charge in [0.25, 0.3) is 5.88 Å². The van der Waals surface area contributed by atoms with Crippen LogP contribution in [0.1, 0.15) is 69.0 Å². The van der Waals surface area contributed by atoms with E-state index in [4.69, 9.17) is 31.3 Å². The molecule has 2 aromatic carbocycles. The Morgan fingerprint density at radius 3 is 2.31 bits per heavy atom. The predicted molar refractivity (Wildman–Crippen MR) is 287 cm³/mol. The lowest BCUT2D eigenvalue weighted by molar-refractivity contribution is -0.141. The van der Waals surface area contributed by atoms with E-state index < -0.39 is 18.1 Å². The first-order valence-electron chi connectivity index (χ1n) is 25.8. The van der Waals surface area contributed by atoms with Gasteiger partial charge < -0.3 is 50.0 Å². The number of anilines is 3. The normalized spacial score (nSPS) is 20.9. The molecule has 0 saturated carbocycles. The van der Waals surface area contributed by atoms with Crippen molar-refractivity contribution in [3.05, 3.63) is 100 Å². The molecule has 0 aliphatic carbocycles. The number of phenolic OH excluding ortho intramolecular Hbond substituents is 1. The number of benzene rings is 2. The van der Waals surface area contributed by atoms with Crippen LogP contribution in [0.3, 0.4) is 0 Å². The van der Waals surface area contributed by atoms with E-state index in [2.05, 4.69) is 56.3 Å². The maximum atomic E-state index is 14.3. The van der Waals surface area contributed by atoms with Crippen molar-refractivity contribution in [1.82, 2.24) is 45.3 Å². The average molecular weight is 1060 g/mol. The highest BCUT2D eigenvalue weighted by atomic mass is 35.5. The SMILES string of the molecule is Cc1ncsc1-c1ccc([C@H](C)NC(=O)[C@@H]2C[C@@H](O)CN2C(=O)C(c2onc(OCCN3CCN(CCOc4cc(N5C6CCC5CN(c5cc(-c7ccccc7O)nnc5N)C6)ccn4)CC3)c2Cl)C(C)C)cc1. The first-order chi connectivity index (χ1) is 36.3. The summed E-state index contributed by atoms with van der Waals surface area (Å²) in [4.78, 5) is 49.0. The Bertz CT molecular complexity index is 2940. The van der Waals surface area contributed by atoms with Crippen molar-refractivity contribution in [3.63, 3.8) is 0 Å². The van der Waals surface area contributed by atoms with Crippen LogP contribution in [-0.4, -0.2) is 158 Å². The number of aryl methyl sites for hydroxylation is 1. The number of amides is 2. The van der Waals surface area contributed by atoms with Gasteiger partial charge in [-0.2, -0.15) is 0 Å². The lowest BCUT2D eigenvalue weighted by Crippen LogP contribution is -2.54. The van der Waals surface area contributed by atoms with Crippen LogP contribution in [0.4, 0.5) is 17.2 Å². The Morgan fingerprint density at radius 1 is 0.920 bits per heavy atom. The Labute approximate surface area is 445 Å². The summed E-state index contributed by atoms with van der Waals surface area (Å²) in [6, 6.07) is 20.5. The number of hydrogen-bond acceptors (Lipinski definition) is 18. The van der Waals surface area contributed by atoms with Gasteiger partial charge in [0.2, 0.25) is 17.7 Å². The van der Waals surface area contributed by atoms with Crippen molar-refractivity contribution < 1.29 is 33.8 Å². The lowest BCUT2D eigenvalue weighted by atomic mass is 9.91. The molecular formula is C54H65ClN12O7S. The molecule has 396 valence electrons. The highest BCUT2D eigenvalue weighted by Gasteiger charge is 2.45. The number of β-amino-alcohol motifs (C(OH)–C–C–N with tert-alkyl or cyclic N) is 1. The second kappa shape index (κ2) is 22.7. The first kappa shape index (κ1) is 51.9. The number of halogens is 1. The van der Waals surface area contributed by atoms with Gasteiger partial charge >= 0.3 is 0 Å². The molecule has 4 fully saturated rings. The molecule has 5 N–H and O–H groups in total. The number of nitrogens with two attached hydrogens (primary N) is 1. The number of likely N-dealkylation sites (tertiary alicyclic amines) is 1. The molecular weight excluding hydrogens is 996 g/mol. The molecule has 8 heterocycles. The topological polar surface area (TPSA) is 225 Å². The van der Waals surface area contributed by atoms with Gasteiger partial charge in [0, 0.05) is 101 Å². The zero-order chi connectivity index (χ0) is 52.3. The molecule has 2 bridgehead atoms. The van der Waals surface area contributed by atoms with Crippen LogP contribution in [0, 0.1) is 12.8 Å². The smallest absolute Gasteiger partial charge is 0.273 e. The predicted octanol–water partition coefficient (Wildman–Crippen LogP) is 6.41. The molecule has 0 radical (unpaired) electrons. The summed E-state index contributed by atoms with van der Waals surface area (Å²) in [6.45, 7) is 14.9. The molecule has 0 spiro atoms. The van der Waals surface area contributed by atoms with Crippen LogP contribution >= 0.6 is 22.9 Å². The number of ether oxygens (including phenoxy) is 2. The molecule has 4 aromatic heterocycles. The van der Waals surface area contributed by atoms with E-state index in [1.807, 2.05) is 87.9 Å². The average Bonchev–Trinajstić information content (AvgIpc) is 4.20. The lowest BCUT2D eigenvalue weighted by Gasteiger charge is -2.43. The van der Waals surface area contributed by atoms with E-state index in [0.717, 1.165) is 91.7 Å². The number of thiazole rings is 1. The number of nitrogens with zero attached hydrogens (tertiary/aromatic N) is 10. The van der Waals surface area contributed by atoms with Crippen molar-refractivity contribution in [2.45, 2.75) is 83.1 Å². The number of hydrogen-bond donors (Lipinski definition) is 4. The number of aromatic hydroxyl groups is 1.